The van der Waals surface area contributed by atoms with Crippen molar-refractivity contribution in [1.82, 2.24) is 4.90 Å². The third kappa shape index (κ3) is 4.17. The molecule has 0 aliphatic heterocycles. The summed E-state index contributed by atoms with van der Waals surface area (Å²) in [5, 5.41) is 0. The van der Waals surface area contributed by atoms with Gasteiger partial charge in [-0.3, -0.25) is 9.69 Å². The minimum atomic E-state index is -0.823. The Labute approximate surface area is 122 Å². The lowest BCUT2D eigenvalue weighted by Crippen LogP contribution is -2.57. The van der Waals surface area contributed by atoms with Crippen molar-refractivity contribution >= 4 is 5.97 Å². The number of carbonyl (C=O) groups excluding carboxylic acids is 1. The predicted molar refractivity (Wildman–Crippen MR) is 79.5 cm³/mol. The Bertz CT molecular complexity index is 311. The highest BCUT2D eigenvalue weighted by Crippen LogP contribution is 2.31. The van der Waals surface area contributed by atoms with Crippen LogP contribution in [0.25, 0.3) is 0 Å². The third-order valence-corrected chi connectivity index (χ3v) is 4.53. The van der Waals surface area contributed by atoms with Crippen LogP contribution in [0.2, 0.25) is 0 Å². The second-order valence-electron chi connectivity index (χ2n) is 5.89. The summed E-state index contributed by atoms with van der Waals surface area (Å²) in [5.41, 5.74) is 5.46. The number of hydrogen-bond donors (Lipinski definition) is 1. The molecule has 0 aromatic heterocycles. The van der Waals surface area contributed by atoms with Crippen LogP contribution in [-0.2, 0) is 14.3 Å². The molecular weight excluding hydrogens is 256 g/mol. The fourth-order valence-corrected chi connectivity index (χ4v) is 3.14. The van der Waals surface area contributed by atoms with Crippen LogP contribution in [0.5, 0.6) is 0 Å². The number of methoxy groups -OCH3 is 2. The second kappa shape index (κ2) is 7.96. The molecule has 0 radical (unpaired) electrons. The van der Waals surface area contributed by atoms with E-state index in [0.717, 1.165) is 32.2 Å². The lowest BCUT2D eigenvalue weighted by atomic mass is 9.78. The Hall–Kier alpha value is -0.650. The Morgan fingerprint density at radius 3 is 2.75 bits per heavy atom. The van der Waals surface area contributed by atoms with Crippen molar-refractivity contribution in [2.45, 2.75) is 63.6 Å². The maximum Gasteiger partial charge on any atom is 0.325 e. The summed E-state index contributed by atoms with van der Waals surface area (Å²) in [6, 6.07) is 0.799. The van der Waals surface area contributed by atoms with Gasteiger partial charge in [0, 0.05) is 25.7 Å². The van der Waals surface area contributed by atoms with E-state index >= 15 is 0 Å². The van der Waals surface area contributed by atoms with E-state index < -0.39 is 5.54 Å². The normalized spacial score (nSPS) is 28.4. The summed E-state index contributed by atoms with van der Waals surface area (Å²) >= 11 is 0. The van der Waals surface area contributed by atoms with Gasteiger partial charge in [-0.2, -0.15) is 0 Å². The predicted octanol–water partition coefficient (Wildman–Crippen LogP) is 1.55. The van der Waals surface area contributed by atoms with Gasteiger partial charge in [0.2, 0.25) is 0 Å². The molecule has 1 fully saturated rings. The monoisotopic (exact) mass is 286 g/mol. The van der Waals surface area contributed by atoms with Gasteiger partial charge >= 0.3 is 5.97 Å². The van der Waals surface area contributed by atoms with Crippen LogP contribution < -0.4 is 5.73 Å². The molecule has 0 saturated heterocycles. The van der Waals surface area contributed by atoms with E-state index in [9.17, 15) is 4.79 Å². The topological polar surface area (TPSA) is 64.8 Å². The summed E-state index contributed by atoms with van der Waals surface area (Å²) < 4.78 is 10.1. The van der Waals surface area contributed by atoms with E-state index in [1.165, 1.54) is 7.11 Å². The van der Waals surface area contributed by atoms with E-state index in [4.69, 9.17) is 15.2 Å². The number of rotatable bonds is 7. The van der Waals surface area contributed by atoms with E-state index in [1.54, 1.807) is 7.11 Å². The Morgan fingerprint density at radius 2 is 2.20 bits per heavy atom. The van der Waals surface area contributed by atoms with Crippen LogP contribution >= 0.6 is 0 Å². The molecule has 5 nitrogen and oxygen atoms in total. The van der Waals surface area contributed by atoms with Gasteiger partial charge in [0.25, 0.3) is 0 Å². The second-order valence-corrected chi connectivity index (χ2v) is 5.89. The molecule has 1 rings (SSSR count). The van der Waals surface area contributed by atoms with Crippen molar-refractivity contribution in [3.63, 3.8) is 0 Å². The number of nitrogens with zero attached hydrogens (tertiary/aromatic N) is 1. The molecule has 5 heteroatoms. The van der Waals surface area contributed by atoms with Crippen molar-refractivity contribution in [3.05, 3.63) is 0 Å². The van der Waals surface area contributed by atoms with E-state index in [-0.39, 0.29) is 5.97 Å². The molecule has 1 aliphatic carbocycles. The first-order chi connectivity index (χ1) is 9.48. The van der Waals surface area contributed by atoms with Crippen molar-refractivity contribution < 1.29 is 14.3 Å². The van der Waals surface area contributed by atoms with Crippen molar-refractivity contribution in [2.75, 3.05) is 27.4 Å². The summed E-state index contributed by atoms with van der Waals surface area (Å²) in [5.74, 6) is -0.280. The van der Waals surface area contributed by atoms with Crippen LogP contribution in [0.15, 0.2) is 0 Å². The van der Waals surface area contributed by atoms with Gasteiger partial charge in [0.15, 0.2) is 0 Å². The molecule has 1 aliphatic rings. The lowest BCUT2D eigenvalue weighted by molar-refractivity contribution is -0.149. The molecule has 0 aromatic rings. The largest absolute Gasteiger partial charge is 0.468 e. The first-order valence-corrected chi connectivity index (χ1v) is 7.60. The fourth-order valence-electron chi connectivity index (χ4n) is 3.14. The van der Waals surface area contributed by atoms with Crippen LogP contribution in [-0.4, -0.2) is 55.9 Å². The van der Waals surface area contributed by atoms with Crippen LogP contribution in [0.3, 0.4) is 0 Å². The molecule has 0 heterocycles. The molecule has 20 heavy (non-hydrogen) atoms. The summed E-state index contributed by atoms with van der Waals surface area (Å²) in [6.45, 7) is 5.99. The molecule has 3 atom stereocenters. The van der Waals surface area contributed by atoms with Gasteiger partial charge in [0.1, 0.15) is 5.54 Å². The smallest absolute Gasteiger partial charge is 0.325 e. The van der Waals surface area contributed by atoms with Gasteiger partial charge in [-0.1, -0.05) is 6.92 Å². The van der Waals surface area contributed by atoms with E-state index in [1.807, 2.05) is 0 Å². The lowest BCUT2D eigenvalue weighted by Gasteiger charge is -2.43. The molecule has 118 valence electrons. The van der Waals surface area contributed by atoms with Crippen LogP contribution in [0.4, 0.5) is 0 Å². The van der Waals surface area contributed by atoms with Crippen molar-refractivity contribution in [1.29, 1.82) is 0 Å². The zero-order valence-corrected chi connectivity index (χ0v) is 13.4. The number of nitrogens with two attached hydrogens (primary N) is 1. The minimum Gasteiger partial charge on any atom is -0.468 e. The Morgan fingerprint density at radius 1 is 1.50 bits per heavy atom. The van der Waals surface area contributed by atoms with Gasteiger partial charge < -0.3 is 15.2 Å². The molecule has 0 aromatic carbocycles. The fraction of sp³-hybridized carbons (Fsp3) is 0.933. The number of hydrogen-bond acceptors (Lipinski definition) is 5. The summed E-state index contributed by atoms with van der Waals surface area (Å²) in [4.78, 5) is 14.4. The van der Waals surface area contributed by atoms with Gasteiger partial charge in [0.05, 0.1) is 13.7 Å². The zero-order valence-electron chi connectivity index (χ0n) is 13.4. The highest BCUT2D eigenvalue weighted by molar-refractivity contribution is 5.80. The van der Waals surface area contributed by atoms with E-state index in [2.05, 4.69) is 18.7 Å². The zero-order chi connectivity index (χ0) is 15.2. The Kier molecular flexibility index (Phi) is 6.92. The third-order valence-electron chi connectivity index (χ3n) is 4.53. The molecular formula is C15H30N2O3. The maximum atomic E-state index is 11.9. The Balaban J connectivity index is 2.77. The highest BCUT2D eigenvalue weighted by atomic mass is 16.5. The van der Waals surface area contributed by atoms with Gasteiger partial charge in [-0.05, 0) is 39.0 Å². The highest BCUT2D eigenvalue weighted by Gasteiger charge is 2.42. The van der Waals surface area contributed by atoms with Gasteiger partial charge in [-0.25, -0.2) is 0 Å². The average molecular weight is 286 g/mol. The molecule has 1 saturated carbocycles. The molecule has 0 bridgehead atoms. The average Bonchev–Trinajstić information content (AvgIpc) is 2.46. The van der Waals surface area contributed by atoms with Gasteiger partial charge in [-0.15, -0.1) is 0 Å². The standard InChI is InChI=1S/C15H30N2O3/c1-5-12(2)17(9-10-19-3)13-7-6-8-15(16,11-13)14(18)20-4/h12-13H,5-11,16H2,1-4H3. The van der Waals surface area contributed by atoms with Crippen molar-refractivity contribution in [2.24, 2.45) is 5.73 Å². The molecule has 3 unspecified atom stereocenters. The van der Waals surface area contributed by atoms with E-state index in [0.29, 0.717) is 25.1 Å². The number of esters is 1. The van der Waals surface area contributed by atoms with Crippen molar-refractivity contribution in [3.8, 4) is 0 Å². The van der Waals surface area contributed by atoms with Crippen LogP contribution in [0.1, 0.15) is 46.0 Å². The maximum absolute atomic E-state index is 11.9. The first kappa shape index (κ1) is 17.4. The van der Waals surface area contributed by atoms with Crippen LogP contribution in [0, 0.1) is 0 Å². The molecule has 0 amide bonds. The molecule has 0 spiro atoms. The SMILES string of the molecule is CCC(C)N(CCOC)C1CCCC(N)(C(=O)OC)C1. The quantitative estimate of drug-likeness (QED) is 0.719. The first-order valence-electron chi connectivity index (χ1n) is 7.60. The summed E-state index contributed by atoms with van der Waals surface area (Å²) in [7, 11) is 3.13. The number of carbonyl (C=O) groups is 1. The molecule has 2 N–H and O–H groups in total. The minimum absolute atomic E-state index is 0.280. The number of ether oxygens (including phenoxy) is 2. The summed E-state index contributed by atoms with van der Waals surface area (Å²) in [6.07, 6.45) is 4.53.